The Balaban J connectivity index is 2.52. The molecule has 0 aliphatic heterocycles. The third-order valence-electron chi connectivity index (χ3n) is 1.44. The molecule has 13 heavy (non-hydrogen) atoms. The van der Waals surface area contributed by atoms with Crippen molar-refractivity contribution in [1.29, 1.82) is 0 Å². The summed E-state index contributed by atoms with van der Waals surface area (Å²) in [6.07, 6.45) is 3.75. The predicted octanol–water partition coefficient (Wildman–Crippen LogP) is -0.101. The minimum Gasteiger partial charge on any atom is -0.258 e. The Morgan fingerprint density at radius 2 is 2.46 bits per heavy atom. The van der Waals surface area contributed by atoms with Crippen LogP contribution in [0, 0.1) is 10.1 Å². The van der Waals surface area contributed by atoms with Gasteiger partial charge in [0.05, 0.1) is 4.92 Å². The molecule has 0 radical (unpaired) electrons. The molecule has 66 valence electrons. The van der Waals surface area contributed by atoms with Crippen molar-refractivity contribution in [3.8, 4) is 5.82 Å². The van der Waals surface area contributed by atoms with Gasteiger partial charge < -0.3 is 0 Å². The highest BCUT2D eigenvalue weighted by Crippen LogP contribution is 2.16. The number of aromatic amines is 1. The van der Waals surface area contributed by atoms with Gasteiger partial charge in [0.2, 0.25) is 5.82 Å². The number of aromatic nitrogens is 5. The third-order valence-corrected chi connectivity index (χ3v) is 1.44. The van der Waals surface area contributed by atoms with Gasteiger partial charge in [0.1, 0.15) is 18.9 Å². The maximum absolute atomic E-state index is 10.5. The van der Waals surface area contributed by atoms with E-state index in [-0.39, 0.29) is 11.5 Å². The van der Waals surface area contributed by atoms with E-state index in [9.17, 15) is 10.1 Å². The molecule has 0 aliphatic rings. The number of H-pyrrole nitrogens is 1. The van der Waals surface area contributed by atoms with Crippen molar-refractivity contribution in [3.63, 3.8) is 0 Å². The average molecular weight is 180 g/mol. The monoisotopic (exact) mass is 180 g/mol. The molecular weight excluding hydrogens is 176 g/mol. The Bertz CT molecular complexity index is 418. The van der Waals surface area contributed by atoms with Gasteiger partial charge in [0.25, 0.3) is 0 Å². The van der Waals surface area contributed by atoms with Gasteiger partial charge in [-0.05, 0) is 0 Å². The van der Waals surface area contributed by atoms with Crippen LogP contribution in [-0.4, -0.2) is 29.9 Å². The van der Waals surface area contributed by atoms with E-state index >= 15 is 0 Å². The summed E-state index contributed by atoms with van der Waals surface area (Å²) in [5.74, 6) is 0.197. The minimum absolute atomic E-state index is 0.134. The van der Waals surface area contributed by atoms with E-state index in [1.54, 1.807) is 0 Å². The first-order valence-corrected chi connectivity index (χ1v) is 3.32. The lowest BCUT2D eigenvalue weighted by atomic mass is 10.5. The summed E-state index contributed by atoms with van der Waals surface area (Å²) in [7, 11) is 0. The molecule has 1 N–H and O–H groups in total. The molecular formula is C5H4N6O2. The van der Waals surface area contributed by atoms with Crippen molar-refractivity contribution in [2.45, 2.75) is 0 Å². The zero-order valence-corrected chi connectivity index (χ0v) is 6.28. The van der Waals surface area contributed by atoms with Gasteiger partial charge in [0, 0.05) is 0 Å². The zero-order chi connectivity index (χ0) is 9.26. The Morgan fingerprint density at radius 1 is 1.62 bits per heavy atom. The lowest BCUT2D eigenvalue weighted by Gasteiger charge is -1.92. The minimum atomic E-state index is -0.541. The highest BCUT2D eigenvalue weighted by atomic mass is 16.6. The van der Waals surface area contributed by atoms with Crippen LogP contribution in [0.5, 0.6) is 0 Å². The van der Waals surface area contributed by atoms with Crippen molar-refractivity contribution < 1.29 is 4.92 Å². The quantitative estimate of drug-likeness (QED) is 0.513. The zero-order valence-electron chi connectivity index (χ0n) is 6.28. The second-order valence-electron chi connectivity index (χ2n) is 2.20. The fraction of sp³-hybridized carbons (Fsp3) is 0. The standard InChI is InChI=1S/C5H4N6O2/c12-11(13)4-1-7-9-5(4)10-3-6-2-8-10/h1-3H,(H,7,9). The first kappa shape index (κ1) is 7.40. The number of hydrogen-bond acceptors (Lipinski definition) is 5. The summed E-state index contributed by atoms with van der Waals surface area (Å²) >= 11 is 0. The second kappa shape index (κ2) is 2.66. The number of nitro groups is 1. The van der Waals surface area contributed by atoms with Crippen molar-refractivity contribution in [2.24, 2.45) is 0 Å². The third kappa shape index (κ3) is 1.13. The lowest BCUT2D eigenvalue weighted by Crippen LogP contribution is -1.99. The molecule has 0 amide bonds. The fourth-order valence-corrected chi connectivity index (χ4v) is 0.899. The fourth-order valence-electron chi connectivity index (χ4n) is 0.899. The summed E-state index contributed by atoms with van der Waals surface area (Å²) in [6, 6.07) is 0. The molecule has 8 nitrogen and oxygen atoms in total. The molecule has 0 aromatic carbocycles. The topological polar surface area (TPSA) is 103 Å². The Hall–Kier alpha value is -2.25. The average Bonchev–Trinajstić information content (AvgIpc) is 2.74. The van der Waals surface area contributed by atoms with Crippen LogP contribution in [0.3, 0.4) is 0 Å². The van der Waals surface area contributed by atoms with E-state index in [0.717, 1.165) is 6.20 Å². The molecule has 0 aliphatic carbocycles. The van der Waals surface area contributed by atoms with Gasteiger partial charge in [-0.15, -0.1) is 0 Å². The molecule has 0 saturated heterocycles. The highest BCUT2D eigenvalue weighted by Gasteiger charge is 2.17. The summed E-state index contributed by atoms with van der Waals surface area (Å²) in [5, 5.41) is 20.2. The van der Waals surface area contributed by atoms with Crippen molar-refractivity contribution in [1.82, 2.24) is 25.0 Å². The molecule has 2 aromatic rings. The largest absolute Gasteiger partial charge is 0.333 e. The summed E-state index contributed by atoms with van der Waals surface area (Å²) in [6.45, 7) is 0. The lowest BCUT2D eigenvalue weighted by molar-refractivity contribution is -0.384. The van der Waals surface area contributed by atoms with E-state index in [1.165, 1.54) is 17.3 Å². The molecule has 0 unspecified atom stereocenters. The number of hydrogen-bond donors (Lipinski definition) is 1. The van der Waals surface area contributed by atoms with Crippen LogP contribution in [0.1, 0.15) is 0 Å². The van der Waals surface area contributed by atoms with Gasteiger partial charge in [-0.3, -0.25) is 15.2 Å². The van der Waals surface area contributed by atoms with Crippen molar-refractivity contribution >= 4 is 5.69 Å². The Kier molecular flexibility index (Phi) is 1.51. The van der Waals surface area contributed by atoms with Crippen LogP contribution in [0.15, 0.2) is 18.9 Å². The van der Waals surface area contributed by atoms with Crippen LogP contribution in [0.25, 0.3) is 5.82 Å². The van der Waals surface area contributed by atoms with Crippen LogP contribution >= 0.6 is 0 Å². The molecule has 0 spiro atoms. The van der Waals surface area contributed by atoms with Crippen LogP contribution in [0.4, 0.5) is 5.69 Å². The maximum atomic E-state index is 10.5. The first-order valence-electron chi connectivity index (χ1n) is 3.32. The first-order chi connectivity index (χ1) is 6.29. The van der Waals surface area contributed by atoms with E-state index in [4.69, 9.17) is 0 Å². The Labute approximate surface area is 71.4 Å². The van der Waals surface area contributed by atoms with Gasteiger partial charge in [-0.25, -0.2) is 4.98 Å². The molecule has 0 bridgehead atoms. The van der Waals surface area contributed by atoms with E-state index < -0.39 is 4.92 Å². The molecule has 0 saturated carbocycles. The SMILES string of the molecule is O=[N+]([O-])c1cn[nH]c1-n1cncn1. The van der Waals surface area contributed by atoms with Gasteiger partial charge in [-0.1, -0.05) is 0 Å². The number of nitrogens with one attached hydrogen (secondary N) is 1. The van der Waals surface area contributed by atoms with Crippen LogP contribution in [0.2, 0.25) is 0 Å². The number of rotatable bonds is 2. The van der Waals surface area contributed by atoms with E-state index in [0.29, 0.717) is 0 Å². The molecule has 0 fully saturated rings. The van der Waals surface area contributed by atoms with Gasteiger partial charge in [-0.2, -0.15) is 14.9 Å². The van der Waals surface area contributed by atoms with E-state index in [2.05, 4.69) is 20.3 Å². The van der Waals surface area contributed by atoms with Gasteiger partial charge in [0.15, 0.2) is 0 Å². The van der Waals surface area contributed by atoms with Crippen molar-refractivity contribution in [3.05, 3.63) is 29.0 Å². The van der Waals surface area contributed by atoms with E-state index in [1.807, 2.05) is 0 Å². The summed E-state index contributed by atoms with van der Waals surface area (Å²) in [4.78, 5) is 13.6. The van der Waals surface area contributed by atoms with Crippen LogP contribution < -0.4 is 0 Å². The second-order valence-corrected chi connectivity index (χ2v) is 2.20. The number of nitrogens with zero attached hydrogens (tertiary/aromatic N) is 5. The predicted molar refractivity (Wildman–Crippen MR) is 40.2 cm³/mol. The van der Waals surface area contributed by atoms with Crippen molar-refractivity contribution in [2.75, 3.05) is 0 Å². The molecule has 8 heteroatoms. The van der Waals surface area contributed by atoms with Crippen LogP contribution in [-0.2, 0) is 0 Å². The smallest absolute Gasteiger partial charge is 0.258 e. The molecule has 2 aromatic heterocycles. The summed E-state index contributed by atoms with van der Waals surface area (Å²) in [5.41, 5.74) is -0.134. The molecule has 2 heterocycles. The highest BCUT2D eigenvalue weighted by molar-refractivity contribution is 5.43. The Morgan fingerprint density at radius 3 is 3.08 bits per heavy atom. The summed E-state index contributed by atoms with van der Waals surface area (Å²) < 4.78 is 1.24. The van der Waals surface area contributed by atoms with Gasteiger partial charge >= 0.3 is 5.69 Å². The molecule has 2 rings (SSSR count). The molecule has 0 atom stereocenters. The maximum Gasteiger partial charge on any atom is 0.333 e. The normalized spacial score (nSPS) is 10.2.